The van der Waals surface area contributed by atoms with Crippen molar-refractivity contribution < 1.29 is 19.0 Å². The van der Waals surface area contributed by atoms with Crippen molar-refractivity contribution in [1.82, 2.24) is 5.43 Å². The SMILES string of the molecule is O=C(COc1ccc(OCc2ccccc2)cc1)NN=Cc1ccc(N2CCOCC2)s1. The first-order valence-electron chi connectivity index (χ1n) is 10.4. The number of hydrogen-bond donors (Lipinski definition) is 1. The molecule has 0 saturated carbocycles. The Hall–Kier alpha value is -3.36. The number of hydrogen-bond acceptors (Lipinski definition) is 7. The standard InChI is InChI=1S/C24H25N3O4S/c28-23(26-25-16-22-10-11-24(32-22)27-12-14-29-15-13-27)18-31-21-8-6-20(7-9-21)30-17-19-4-2-1-3-5-19/h1-11,16H,12-15,17-18H2,(H,26,28). The molecule has 2 heterocycles. The predicted octanol–water partition coefficient (Wildman–Crippen LogP) is 3.69. The van der Waals surface area contributed by atoms with Gasteiger partial charge in [-0.2, -0.15) is 5.10 Å². The van der Waals surface area contributed by atoms with Gasteiger partial charge in [0.05, 0.1) is 24.4 Å². The number of morpholine rings is 1. The second-order valence-corrected chi connectivity index (χ2v) is 8.20. The number of nitrogens with one attached hydrogen (secondary N) is 1. The van der Waals surface area contributed by atoms with Gasteiger partial charge in [-0.1, -0.05) is 30.3 Å². The molecule has 0 unspecified atom stereocenters. The van der Waals surface area contributed by atoms with Crippen LogP contribution >= 0.6 is 11.3 Å². The average molecular weight is 452 g/mol. The number of carbonyl (C=O) groups is 1. The van der Waals surface area contributed by atoms with Crippen LogP contribution in [0.3, 0.4) is 0 Å². The Balaban J connectivity index is 1.17. The van der Waals surface area contributed by atoms with Crippen LogP contribution in [-0.2, 0) is 16.1 Å². The second kappa shape index (κ2) is 11.3. The van der Waals surface area contributed by atoms with E-state index in [1.54, 1.807) is 29.7 Å². The summed E-state index contributed by atoms with van der Waals surface area (Å²) < 4.78 is 16.6. The maximum Gasteiger partial charge on any atom is 0.277 e. The number of ether oxygens (including phenoxy) is 3. The largest absolute Gasteiger partial charge is 0.489 e. The fourth-order valence-electron chi connectivity index (χ4n) is 3.09. The minimum absolute atomic E-state index is 0.120. The lowest BCUT2D eigenvalue weighted by atomic mass is 10.2. The summed E-state index contributed by atoms with van der Waals surface area (Å²) in [4.78, 5) is 15.3. The molecule has 1 fully saturated rings. The van der Waals surface area contributed by atoms with Gasteiger partial charge in [-0.25, -0.2) is 5.43 Å². The first kappa shape index (κ1) is 21.9. The molecule has 7 nitrogen and oxygen atoms in total. The Bertz CT molecular complexity index is 1020. The summed E-state index contributed by atoms with van der Waals surface area (Å²) in [6.07, 6.45) is 1.64. The number of carbonyl (C=O) groups excluding carboxylic acids is 1. The first-order chi connectivity index (χ1) is 15.8. The molecular formula is C24H25N3O4S. The van der Waals surface area contributed by atoms with Gasteiger partial charge < -0.3 is 19.1 Å². The van der Waals surface area contributed by atoms with Crippen molar-refractivity contribution in [3.8, 4) is 11.5 Å². The van der Waals surface area contributed by atoms with E-state index in [2.05, 4.69) is 21.5 Å². The van der Waals surface area contributed by atoms with Crippen molar-refractivity contribution in [2.24, 2.45) is 5.10 Å². The number of benzene rings is 2. The van der Waals surface area contributed by atoms with E-state index in [1.807, 2.05) is 48.5 Å². The summed E-state index contributed by atoms with van der Waals surface area (Å²) in [5.74, 6) is 1.00. The van der Waals surface area contributed by atoms with Crippen molar-refractivity contribution in [3.05, 3.63) is 77.2 Å². The highest BCUT2D eigenvalue weighted by Gasteiger charge is 2.12. The zero-order valence-corrected chi connectivity index (χ0v) is 18.4. The summed E-state index contributed by atoms with van der Waals surface area (Å²) in [5.41, 5.74) is 3.60. The lowest BCUT2D eigenvalue weighted by Crippen LogP contribution is -2.35. The topological polar surface area (TPSA) is 72.4 Å². The Labute approximate surface area is 191 Å². The summed E-state index contributed by atoms with van der Waals surface area (Å²) in [7, 11) is 0. The van der Waals surface area contributed by atoms with E-state index in [1.165, 1.54) is 5.00 Å². The van der Waals surface area contributed by atoms with E-state index in [4.69, 9.17) is 14.2 Å². The molecule has 4 rings (SSSR count). The average Bonchev–Trinajstić information content (AvgIpc) is 3.32. The van der Waals surface area contributed by atoms with Crippen LogP contribution in [0.25, 0.3) is 0 Å². The fourth-order valence-corrected chi connectivity index (χ4v) is 4.02. The predicted molar refractivity (Wildman–Crippen MR) is 126 cm³/mol. The summed E-state index contributed by atoms with van der Waals surface area (Å²) in [5, 5.41) is 5.20. The highest BCUT2D eigenvalue weighted by molar-refractivity contribution is 7.17. The van der Waals surface area contributed by atoms with Gasteiger partial charge in [0.1, 0.15) is 18.1 Å². The molecule has 8 heteroatoms. The highest BCUT2D eigenvalue weighted by atomic mass is 32.1. The molecule has 1 amide bonds. The molecule has 0 atom stereocenters. The van der Waals surface area contributed by atoms with Crippen LogP contribution in [-0.4, -0.2) is 45.0 Å². The third-order valence-corrected chi connectivity index (χ3v) is 5.84. The van der Waals surface area contributed by atoms with Gasteiger partial charge in [0.25, 0.3) is 5.91 Å². The van der Waals surface area contributed by atoms with Crippen LogP contribution in [0.4, 0.5) is 5.00 Å². The van der Waals surface area contributed by atoms with E-state index in [0.29, 0.717) is 12.4 Å². The molecule has 2 aromatic carbocycles. The van der Waals surface area contributed by atoms with Crippen molar-refractivity contribution in [2.75, 3.05) is 37.8 Å². The number of anilines is 1. The van der Waals surface area contributed by atoms with Gasteiger partial charge in [0, 0.05) is 18.0 Å². The normalized spacial score (nSPS) is 13.8. The van der Waals surface area contributed by atoms with Crippen LogP contribution in [0, 0.1) is 0 Å². The Kier molecular flexibility index (Phi) is 7.73. The van der Waals surface area contributed by atoms with Crippen molar-refractivity contribution in [1.29, 1.82) is 0 Å². The molecular weight excluding hydrogens is 426 g/mol. The van der Waals surface area contributed by atoms with Crippen LogP contribution in [0.2, 0.25) is 0 Å². The zero-order valence-electron chi connectivity index (χ0n) is 17.6. The minimum Gasteiger partial charge on any atom is -0.489 e. The summed E-state index contributed by atoms with van der Waals surface area (Å²) >= 11 is 1.63. The number of amides is 1. The maximum absolute atomic E-state index is 12.0. The van der Waals surface area contributed by atoms with Crippen LogP contribution < -0.4 is 19.8 Å². The number of nitrogens with zero attached hydrogens (tertiary/aromatic N) is 2. The summed E-state index contributed by atoms with van der Waals surface area (Å²) in [6.45, 7) is 3.67. The lowest BCUT2D eigenvalue weighted by molar-refractivity contribution is -0.123. The van der Waals surface area contributed by atoms with Crippen molar-refractivity contribution in [2.45, 2.75) is 6.61 Å². The molecule has 32 heavy (non-hydrogen) atoms. The fraction of sp³-hybridized carbons (Fsp3) is 0.250. The van der Waals surface area contributed by atoms with Gasteiger partial charge in [-0.05, 0) is 42.0 Å². The molecule has 0 bridgehead atoms. The third kappa shape index (κ3) is 6.57. The molecule has 1 aromatic heterocycles. The zero-order chi connectivity index (χ0) is 22.0. The Morgan fingerprint density at radius 1 is 1.00 bits per heavy atom. The van der Waals surface area contributed by atoms with Crippen molar-refractivity contribution >= 4 is 28.5 Å². The molecule has 1 saturated heterocycles. The molecule has 1 N–H and O–H groups in total. The summed E-state index contributed by atoms with van der Waals surface area (Å²) in [6, 6.07) is 21.2. The van der Waals surface area contributed by atoms with Crippen LogP contribution in [0.5, 0.6) is 11.5 Å². The lowest BCUT2D eigenvalue weighted by Gasteiger charge is -2.27. The quantitative estimate of drug-likeness (QED) is 0.397. The number of hydrazone groups is 1. The van der Waals surface area contributed by atoms with E-state index in [-0.39, 0.29) is 12.5 Å². The first-order valence-corrected chi connectivity index (χ1v) is 11.2. The molecule has 3 aromatic rings. The van der Waals surface area contributed by atoms with Crippen LogP contribution in [0.1, 0.15) is 10.4 Å². The van der Waals surface area contributed by atoms with Gasteiger partial charge in [0.2, 0.25) is 0 Å². The number of thiophene rings is 1. The van der Waals surface area contributed by atoms with Gasteiger partial charge in [0.15, 0.2) is 6.61 Å². The number of rotatable bonds is 9. The van der Waals surface area contributed by atoms with Crippen molar-refractivity contribution in [3.63, 3.8) is 0 Å². The van der Waals surface area contributed by atoms with Gasteiger partial charge in [-0.15, -0.1) is 11.3 Å². The minimum atomic E-state index is -0.324. The molecule has 166 valence electrons. The molecule has 0 radical (unpaired) electrons. The van der Waals surface area contributed by atoms with E-state index < -0.39 is 0 Å². The van der Waals surface area contributed by atoms with Crippen LogP contribution in [0.15, 0.2) is 71.8 Å². The highest BCUT2D eigenvalue weighted by Crippen LogP contribution is 2.25. The molecule has 1 aliphatic heterocycles. The van der Waals surface area contributed by atoms with E-state index in [0.717, 1.165) is 42.5 Å². The molecule has 0 aliphatic carbocycles. The second-order valence-electron chi connectivity index (χ2n) is 7.10. The Morgan fingerprint density at radius 3 is 2.47 bits per heavy atom. The van der Waals surface area contributed by atoms with Gasteiger partial charge >= 0.3 is 0 Å². The van der Waals surface area contributed by atoms with E-state index >= 15 is 0 Å². The molecule has 0 spiro atoms. The smallest absolute Gasteiger partial charge is 0.277 e. The van der Waals surface area contributed by atoms with Gasteiger partial charge in [-0.3, -0.25) is 4.79 Å². The maximum atomic E-state index is 12.0. The Morgan fingerprint density at radius 2 is 1.72 bits per heavy atom. The third-order valence-electron chi connectivity index (χ3n) is 4.76. The molecule has 1 aliphatic rings. The monoisotopic (exact) mass is 451 g/mol. The van der Waals surface area contributed by atoms with E-state index in [9.17, 15) is 4.79 Å².